The van der Waals surface area contributed by atoms with Crippen molar-refractivity contribution in [3.05, 3.63) is 95.3 Å². The molecule has 0 aliphatic rings. The third-order valence-corrected chi connectivity index (χ3v) is 5.47. The fraction of sp³-hybridized carbons (Fsp3) is 0.269. The molecule has 3 nitrogen and oxygen atoms in total. The molecule has 1 aromatic heterocycles. The third-order valence-electron chi connectivity index (χ3n) is 5.47. The number of hydrogen-bond acceptors (Lipinski definition) is 2. The molecule has 0 unspecified atom stereocenters. The average Bonchev–Trinajstić information content (AvgIpc) is 3.08. The van der Waals surface area contributed by atoms with Gasteiger partial charge in [0.15, 0.2) is 0 Å². The van der Waals surface area contributed by atoms with Crippen LogP contribution in [0.2, 0.25) is 0 Å². The van der Waals surface area contributed by atoms with Crippen LogP contribution in [0, 0.1) is 13.8 Å². The van der Waals surface area contributed by atoms with Gasteiger partial charge < -0.3 is 9.30 Å². The quantitative estimate of drug-likeness (QED) is 0.343. The molecule has 0 saturated carbocycles. The van der Waals surface area contributed by atoms with Gasteiger partial charge in [-0.1, -0.05) is 54.6 Å². The lowest BCUT2D eigenvalue weighted by atomic mass is 10.1. The number of hydrogen-bond donors (Lipinski definition) is 0. The van der Waals surface area contributed by atoms with E-state index in [0.29, 0.717) is 0 Å². The number of aryl methyl sites for hydroxylation is 3. The normalized spacial score (nSPS) is 11.1. The van der Waals surface area contributed by atoms with Crippen LogP contribution in [-0.2, 0) is 13.0 Å². The van der Waals surface area contributed by atoms with Crippen molar-refractivity contribution in [2.75, 3.05) is 6.61 Å². The standard InChI is InChI=1S/C26H28N2O/c1-20-11-3-5-13-22(20)19-26-27-23-14-6-7-15-24(23)28(26)17-9-10-18-29-25-16-8-4-12-21(25)2/h3-8,11-16H,9-10,17-19H2,1-2H3. The van der Waals surface area contributed by atoms with Crippen molar-refractivity contribution in [1.82, 2.24) is 9.55 Å². The lowest BCUT2D eigenvalue weighted by molar-refractivity contribution is 0.301. The fourth-order valence-electron chi connectivity index (χ4n) is 3.76. The molecule has 1 heterocycles. The Kier molecular flexibility index (Phi) is 5.95. The Balaban J connectivity index is 1.45. The summed E-state index contributed by atoms with van der Waals surface area (Å²) in [7, 11) is 0. The van der Waals surface area contributed by atoms with Crippen LogP contribution in [0.15, 0.2) is 72.8 Å². The van der Waals surface area contributed by atoms with Crippen molar-refractivity contribution in [2.24, 2.45) is 0 Å². The molecule has 3 heteroatoms. The summed E-state index contributed by atoms with van der Waals surface area (Å²) in [6.45, 7) is 5.96. The van der Waals surface area contributed by atoms with Crippen molar-refractivity contribution in [3.8, 4) is 5.75 Å². The molecular formula is C26H28N2O. The summed E-state index contributed by atoms with van der Waals surface area (Å²) in [5.41, 5.74) is 6.14. The minimum atomic E-state index is 0.741. The molecule has 0 saturated heterocycles. The predicted molar refractivity (Wildman–Crippen MR) is 120 cm³/mol. The molecule has 0 fully saturated rings. The lowest BCUT2D eigenvalue weighted by Gasteiger charge is -2.12. The number of para-hydroxylation sites is 3. The maximum Gasteiger partial charge on any atom is 0.122 e. The van der Waals surface area contributed by atoms with Gasteiger partial charge >= 0.3 is 0 Å². The number of benzene rings is 3. The molecular weight excluding hydrogens is 356 g/mol. The highest BCUT2D eigenvalue weighted by molar-refractivity contribution is 5.76. The summed E-state index contributed by atoms with van der Waals surface area (Å²) >= 11 is 0. The van der Waals surface area contributed by atoms with E-state index in [1.54, 1.807) is 0 Å². The maximum absolute atomic E-state index is 5.96. The first-order chi connectivity index (χ1) is 14.2. The molecule has 29 heavy (non-hydrogen) atoms. The van der Waals surface area contributed by atoms with Crippen molar-refractivity contribution < 1.29 is 4.74 Å². The van der Waals surface area contributed by atoms with Gasteiger partial charge in [0.05, 0.1) is 17.6 Å². The van der Waals surface area contributed by atoms with Crippen LogP contribution in [0.5, 0.6) is 5.75 Å². The SMILES string of the molecule is Cc1ccccc1Cc1nc2ccccc2n1CCCCOc1ccccc1C. The zero-order valence-electron chi connectivity index (χ0n) is 17.3. The minimum Gasteiger partial charge on any atom is -0.493 e. The van der Waals surface area contributed by atoms with Crippen LogP contribution < -0.4 is 4.74 Å². The van der Waals surface area contributed by atoms with E-state index in [1.807, 2.05) is 18.2 Å². The van der Waals surface area contributed by atoms with Crippen LogP contribution in [-0.4, -0.2) is 16.2 Å². The van der Waals surface area contributed by atoms with E-state index in [1.165, 1.54) is 22.2 Å². The fourth-order valence-corrected chi connectivity index (χ4v) is 3.76. The largest absolute Gasteiger partial charge is 0.493 e. The van der Waals surface area contributed by atoms with Crippen LogP contribution in [0.3, 0.4) is 0 Å². The number of rotatable bonds is 8. The van der Waals surface area contributed by atoms with E-state index in [2.05, 4.69) is 73.0 Å². The summed E-state index contributed by atoms with van der Waals surface area (Å²) in [5, 5.41) is 0. The first-order valence-electron chi connectivity index (χ1n) is 10.4. The number of nitrogens with zero attached hydrogens (tertiary/aromatic N) is 2. The van der Waals surface area contributed by atoms with Gasteiger partial charge in [-0.25, -0.2) is 4.98 Å². The molecule has 0 atom stereocenters. The Morgan fingerprint density at radius 3 is 2.34 bits per heavy atom. The van der Waals surface area contributed by atoms with Gasteiger partial charge in [-0.3, -0.25) is 0 Å². The summed E-state index contributed by atoms with van der Waals surface area (Å²) < 4.78 is 8.34. The van der Waals surface area contributed by atoms with E-state index in [0.717, 1.165) is 49.5 Å². The smallest absolute Gasteiger partial charge is 0.122 e. The average molecular weight is 385 g/mol. The third kappa shape index (κ3) is 4.51. The van der Waals surface area contributed by atoms with E-state index >= 15 is 0 Å². The van der Waals surface area contributed by atoms with Gasteiger partial charge in [-0.2, -0.15) is 0 Å². The number of fused-ring (bicyclic) bond motifs is 1. The highest BCUT2D eigenvalue weighted by Crippen LogP contribution is 2.21. The van der Waals surface area contributed by atoms with Gasteiger partial charge in [0.1, 0.15) is 11.6 Å². The van der Waals surface area contributed by atoms with Crippen molar-refractivity contribution in [1.29, 1.82) is 0 Å². The van der Waals surface area contributed by atoms with Gasteiger partial charge in [-0.15, -0.1) is 0 Å². The lowest BCUT2D eigenvalue weighted by Crippen LogP contribution is -2.07. The molecule has 3 aromatic carbocycles. The highest BCUT2D eigenvalue weighted by Gasteiger charge is 2.12. The summed E-state index contributed by atoms with van der Waals surface area (Å²) in [6, 6.07) is 25.2. The zero-order chi connectivity index (χ0) is 20.1. The van der Waals surface area contributed by atoms with E-state index in [-0.39, 0.29) is 0 Å². The second-order valence-electron chi connectivity index (χ2n) is 7.59. The van der Waals surface area contributed by atoms with Gasteiger partial charge in [0.25, 0.3) is 0 Å². The van der Waals surface area contributed by atoms with Crippen molar-refractivity contribution in [2.45, 2.75) is 39.7 Å². The zero-order valence-corrected chi connectivity index (χ0v) is 17.3. The van der Waals surface area contributed by atoms with Crippen LogP contribution >= 0.6 is 0 Å². The topological polar surface area (TPSA) is 27.1 Å². The number of ether oxygens (including phenoxy) is 1. The van der Waals surface area contributed by atoms with Crippen molar-refractivity contribution >= 4 is 11.0 Å². The number of aromatic nitrogens is 2. The molecule has 0 bridgehead atoms. The monoisotopic (exact) mass is 384 g/mol. The number of unbranched alkanes of at least 4 members (excludes halogenated alkanes) is 1. The summed E-state index contributed by atoms with van der Waals surface area (Å²) in [6.07, 6.45) is 2.94. The second kappa shape index (κ2) is 8.95. The molecule has 0 radical (unpaired) electrons. The first kappa shape index (κ1) is 19.3. The Hall–Kier alpha value is -3.07. The molecule has 148 valence electrons. The van der Waals surface area contributed by atoms with E-state index < -0.39 is 0 Å². The predicted octanol–water partition coefficient (Wildman–Crippen LogP) is 6.10. The second-order valence-corrected chi connectivity index (χ2v) is 7.59. The summed E-state index contributed by atoms with van der Waals surface area (Å²) in [5.74, 6) is 2.13. The molecule has 4 aromatic rings. The molecule has 0 N–H and O–H groups in total. The maximum atomic E-state index is 5.96. The Morgan fingerprint density at radius 2 is 1.52 bits per heavy atom. The highest BCUT2D eigenvalue weighted by atomic mass is 16.5. The van der Waals surface area contributed by atoms with Crippen LogP contribution in [0.4, 0.5) is 0 Å². The van der Waals surface area contributed by atoms with Crippen LogP contribution in [0.1, 0.15) is 35.4 Å². The van der Waals surface area contributed by atoms with E-state index in [9.17, 15) is 0 Å². The Labute approximate surface area is 173 Å². The minimum absolute atomic E-state index is 0.741. The Morgan fingerprint density at radius 1 is 0.793 bits per heavy atom. The van der Waals surface area contributed by atoms with E-state index in [4.69, 9.17) is 9.72 Å². The molecule has 0 aliphatic carbocycles. The van der Waals surface area contributed by atoms with Gasteiger partial charge in [-0.05, 0) is 61.6 Å². The molecule has 0 spiro atoms. The van der Waals surface area contributed by atoms with Gasteiger partial charge in [0, 0.05) is 13.0 Å². The van der Waals surface area contributed by atoms with Crippen molar-refractivity contribution in [3.63, 3.8) is 0 Å². The Bertz CT molecular complexity index is 1100. The summed E-state index contributed by atoms with van der Waals surface area (Å²) in [4.78, 5) is 4.94. The molecule has 0 amide bonds. The van der Waals surface area contributed by atoms with Gasteiger partial charge in [0.2, 0.25) is 0 Å². The molecule has 4 rings (SSSR count). The first-order valence-corrected chi connectivity index (χ1v) is 10.4. The molecule has 0 aliphatic heterocycles. The van der Waals surface area contributed by atoms with Crippen LogP contribution in [0.25, 0.3) is 11.0 Å². The number of imidazole rings is 1.